The van der Waals surface area contributed by atoms with E-state index in [4.69, 9.17) is 9.84 Å². The number of carbonyl (C=O) groups excluding carboxylic acids is 1. The Kier molecular flexibility index (Phi) is 3.76. The zero-order valence-electron chi connectivity index (χ0n) is 8.87. The summed E-state index contributed by atoms with van der Waals surface area (Å²) < 4.78 is 4.82. The van der Waals surface area contributed by atoms with Crippen LogP contribution in [0.3, 0.4) is 0 Å². The molecule has 0 amide bonds. The molecule has 7 nitrogen and oxygen atoms in total. The number of nitrogens with zero attached hydrogens (tertiary/aromatic N) is 1. The number of nitro benzene ring substituents is 1. The molecule has 1 rings (SSSR count). The molecule has 1 aromatic rings. The molecule has 0 aliphatic carbocycles. The fourth-order valence-electron chi connectivity index (χ4n) is 1.44. The Balaban J connectivity index is 3.45. The lowest BCUT2D eigenvalue weighted by Crippen LogP contribution is -2.06. The van der Waals surface area contributed by atoms with Crippen molar-refractivity contribution in [3.05, 3.63) is 33.4 Å². The first-order chi connectivity index (χ1) is 8.01. The minimum atomic E-state index is -1.14. The average molecular weight is 239 g/mol. The second kappa shape index (κ2) is 5.06. The largest absolute Gasteiger partial charge is 0.490 e. The summed E-state index contributed by atoms with van der Waals surface area (Å²) in [5, 5.41) is 19.5. The van der Waals surface area contributed by atoms with Gasteiger partial charge in [0.05, 0.1) is 24.0 Å². The van der Waals surface area contributed by atoms with E-state index in [1.165, 1.54) is 19.2 Å². The van der Waals surface area contributed by atoms with Crippen molar-refractivity contribution >= 4 is 17.9 Å². The Morgan fingerprint density at radius 3 is 2.65 bits per heavy atom. The second-order valence-electron chi connectivity index (χ2n) is 3.14. The molecule has 0 aromatic heterocycles. The maximum Gasteiger partial charge on any atom is 0.321 e. The van der Waals surface area contributed by atoms with Crippen molar-refractivity contribution < 1.29 is 24.4 Å². The molecule has 0 saturated carbocycles. The molecule has 0 spiro atoms. The van der Waals surface area contributed by atoms with Crippen LogP contribution in [0, 0.1) is 10.1 Å². The Morgan fingerprint density at radius 1 is 1.59 bits per heavy atom. The number of rotatable bonds is 5. The molecule has 0 unspecified atom stereocenters. The zero-order chi connectivity index (χ0) is 13.0. The van der Waals surface area contributed by atoms with Crippen molar-refractivity contribution in [2.24, 2.45) is 0 Å². The fourth-order valence-corrected chi connectivity index (χ4v) is 1.44. The Bertz CT molecular complexity index is 482. The number of carboxylic acids is 1. The lowest BCUT2D eigenvalue weighted by molar-refractivity contribution is -0.386. The molecule has 17 heavy (non-hydrogen) atoms. The van der Waals surface area contributed by atoms with Gasteiger partial charge in [-0.2, -0.15) is 0 Å². The summed E-state index contributed by atoms with van der Waals surface area (Å²) in [6, 6.07) is 2.52. The first-order valence-electron chi connectivity index (χ1n) is 4.52. The van der Waals surface area contributed by atoms with Crippen LogP contribution in [0.5, 0.6) is 5.75 Å². The summed E-state index contributed by atoms with van der Waals surface area (Å²) >= 11 is 0. The van der Waals surface area contributed by atoms with Crippen LogP contribution in [0.4, 0.5) is 5.69 Å². The second-order valence-corrected chi connectivity index (χ2v) is 3.14. The molecule has 0 aliphatic rings. The quantitative estimate of drug-likeness (QED) is 0.467. The van der Waals surface area contributed by atoms with Gasteiger partial charge >= 0.3 is 11.7 Å². The predicted octanol–water partition coefficient (Wildman–Crippen LogP) is 1.04. The van der Waals surface area contributed by atoms with Crippen molar-refractivity contribution in [2.45, 2.75) is 6.42 Å². The van der Waals surface area contributed by atoms with E-state index in [0.717, 1.165) is 0 Å². The number of benzene rings is 1. The van der Waals surface area contributed by atoms with E-state index in [1.54, 1.807) is 0 Å². The van der Waals surface area contributed by atoms with Gasteiger partial charge in [-0.1, -0.05) is 6.07 Å². The highest BCUT2D eigenvalue weighted by Gasteiger charge is 2.24. The van der Waals surface area contributed by atoms with Crippen LogP contribution in [0.1, 0.15) is 15.9 Å². The minimum Gasteiger partial charge on any atom is -0.490 e. The molecule has 7 heteroatoms. The third-order valence-electron chi connectivity index (χ3n) is 2.10. The molecule has 0 saturated heterocycles. The van der Waals surface area contributed by atoms with Crippen LogP contribution in [0.2, 0.25) is 0 Å². The summed E-state index contributed by atoms with van der Waals surface area (Å²) in [7, 11) is 1.18. The first kappa shape index (κ1) is 12.6. The summed E-state index contributed by atoms with van der Waals surface area (Å²) in [5.41, 5.74) is -0.514. The van der Waals surface area contributed by atoms with Gasteiger partial charge in [0, 0.05) is 5.56 Å². The molecule has 0 fully saturated rings. The Labute approximate surface area is 95.8 Å². The van der Waals surface area contributed by atoms with Crippen molar-refractivity contribution in [1.82, 2.24) is 0 Å². The maximum absolute atomic E-state index is 10.8. The average Bonchev–Trinajstić information content (AvgIpc) is 2.27. The number of aldehydes is 1. The van der Waals surface area contributed by atoms with Gasteiger partial charge in [0.2, 0.25) is 5.75 Å². The van der Waals surface area contributed by atoms with Crippen molar-refractivity contribution in [2.75, 3.05) is 7.11 Å². The highest BCUT2D eigenvalue weighted by Crippen LogP contribution is 2.33. The van der Waals surface area contributed by atoms with Gasteiger partial charge < -0.3 is 9.84 Å². The van der Waals surface area contributed by atoms with Crippen LogP contribution in [0.15, 0.2) is 12.1 Å². The van der Waals surface area contributed by atoms with Gasteiger partial charge in [0.1, 0.15) is 0 Å². The molecule has 0 bridgehead atoms. The molecule has 1 aromatic carbocycles. The smallest absolute Gasteiger partial charge is 0.321 e. The molecule has 1 N–H and O–H groups in total. The predicted molar refractivity (Wildman–Crippen MR) is 56.4 cm³/mol. The summed E-state index contributed by atoms with van der Waals surface area (Å²) in [6.45, 7) is 0. The maximum atomic E-state index is 10.8. The van der Waals surface area contributed by atoms with E-state index < -0.39 is 23.0 Å². The van der Waals surface area contributed by atoms with Gasteiger partial charge in [0.25, 0.3) is 0 Å². The van der Waals surface area contributed by atoms with Crippen molar-refractivity contribution in [3.8, 4) is 5.75 Å². The number of hydrogen-bond donors (Lipinski definition) is 1. The number of carboxylic acid groups (broad SMARTS) is 1. The third-order valence-corrected chi connectivity index (χ3v) is 2.10. The lowest BCUT2D eigenvalue weighted by Gasteiger charge is -2.08. The molecular formula is C10H9NO6. The van der Waals surface area contributed by atoms with E-state index in [-0.39, 0.29) is 16.9 Å². The zero-order valence-corrected chi connectivity index (χ0v) is 8.87. The topological polar surface area (TPSA) is 107 Å². The molecule has 0 atom stereocenters. The molecular weight excluding hydrogens is 230 g/mol. The molecule has 0 radical (unpaired) electrons. The van der Waals surface area contributed by atoms with Gasteiger partial charge in [-0.3, -0.25) is 19.7 Å². The van der Waals surface area contributed by atoms with Gasteiger partial charge in [-0.05, 0) is 6.07 Å². The number of carbonyl (C=O) groups is 2. The van der Waals surface area contributed by atoms with Crippen LogP contribution < -0.4 is 4.74 Å². The standard InChI is InChI=1S/C10H9NO6/c1-17-10-6(4-8(13)14)2-3-7(5-12)9(10)11(15)16/h2-3,5H,4H2,1H3,(H,13,14). The lowest BCUT2D eigenvalue weighted by atomic mass is 10.1. The van der Waals surface area contributed by atoms with Crippen LogP contribution >= 0.6 is 0 Å². The van der Waals surface area contributed by atoms with E-state index in [2.05, 4.69) is 0 Å². The van der Waals surface area contributed by atoms with Gasteiger partial charge in [-0.15, -0.1) is 0 Å². The van der Waals surface area contributed by atoms with E-state index in [9.17, 15) is 19.7 Å². The van der Waals surface area contributed by atoms with Crippen LogP contribution in [0.25, 0.3) is 0 Å². The third kappa shape index (κ3) is 2.57. The highest BCUT2D eigenvalue weighted by atomic mass is 16.6. The molecule has 0 aliphatic heterocycles. The summed E-state index contributed by atoms with van der Waals surface area (Å²) in [4.78, 5) is 31.3. The number of ether oxygens (including phenoxy) is 1. The monoisotopic (exact) mass is 239 g/mol. The Morgan fingerprint density at radius 2 is 2.24 bits per heavy atom. The van der Waals surface area contributed by atoms with Crippen LogP contribution in [-0.4, -0.2) is 29.4 Å². The SMILES string of the molecule is COc1c(CC(=O)O)ccc(C=O)c1[N+](=O)[O-]. The van der Waals surface area contributed by atoms with E-state index >= 15 is 0 Å². The van der Waals surface area contributed by atoms with E-state index in [0.29, 0.717) is 6.29 Å². The summed E-state index contributed by atoms with van der Waals surface area (Å²) in [6.07, 6.45) is -0.0889. The normalized spacial score (nSPS) is 9.71. The number of hydrogen-bond acceptors (Lipinski definition) is 5. The van der Waals surface area contributed by atoms with Gasteiger partial charge in [0.15, 0.2) is 6.29 Å². The van der Waals surface area contributed by atoms with Crippen molar-refractivity contribution in [1.29, 1.82) is 0 Å². The fraction of sp³-hybridized carbons (Fsp3) is 0.200. The molecule has 0 heterocycles. The minimum absolute atomic E-state index is 0.150. The summed E-state index contributed by atoms with van der Waals surface area (Å²) in [5.74, 6) is -1.33. The number of aliphatic carboxylic acids is 1. The van der Waals surface area contributed by atoms with Crippen molar-refractivity contribution in [3.63, 3.8) is 0 Å². The molecule has 90 valence electrons. The van der Waals surface area contributed by atoms with E-state index in [1.807, 2.05) is 0 Å². The first-order valence-corrected chi connectivity index (χ1v) is 4.52. The number of nitro groups is 1. The van der Waals surface area contributed by atoms with Gasteiger partial charge in [-0.25, -0.2) is 0 Å². The number of methoxy groups -OCH3 is 1. The van der Waals surface area contributed by atoms with Crippen LogP contribution in [-0.2, 0) is 11.2 Å². The highest BCUT2D eigenvalue weighted by molar-refractivity contribution is 5.85. The Hall–Kier alpha value is -2.44.